The zero-order chi connectivity index (χ0) is 26.0. The Balaban J connectivity index is 1.42. The second kappa shape index (κ2) is 10.3. The van der Waals surface area contributed by atoms with Gasteiger partial charge in [0.15, 0.2) is 24.1 Å². The molecule has 2 aliphatic heterocycles. The van der Waals surface area contributed by atoms with Crippen molar-refractivity contribution in [2.24, 2.45) is 5.16 Å². The molecule has 0 saturated carbocycles. The van der Waals surface area contributed by atoms with Crippen LogP contribution in [0.15, 0.2) is 41.5 Å². The number of nitrogens with two attached hydrogens (primary N) is 1. The fourth-order valence-electron chi connectivity index (χ4n) is 3.28. The van der Waals surface area contributed by atoms with E-state index in [0.717, 1.165) is 17.1 Å². The Morgan fingerprint density at radius 3 is 2.75 bits per heavy atom. The topological polar surface area (TPSA) is 204 Å². The molecule has 2 amide bonds. The first kappa shape index (κ1) is 25.1. The summed E-state index contributed by atoms with van der Waals surface area (Å²) in [7, 11) is 0. The van der Waals surface area contributed by atoms with Crippen molar-refractivity contribution in [1.29, 1.82) is 0 Å². The van der Waals surface area contributed by atoms with Crippen LogP contribution >= 0.6 is 23.3 Å². The number of rotatable bonds is 9. The predicted octanol–water partition coefficient (Wildman–Crippen LogP) is -2.05. The minimum atomic E-state index is -1.34. The highest BCUT2D eigenvalue weighted by Gasteiger charge is 2.50. The number of oxime groups is 1. The van der Waals surface area contributed by atoms with Gasteiger partial charge in [-0.2, -0.15) is 9.36 Å². The number of nitrogens with zero attached hydrogens (tertiary/aromatic N) is 5. The van der Waals surface area contributed by atoms with Gasteiger partial charge in [0, 0.05) is 46.8 Å². The van der Waals surface area contributed by atoms with E-state index < -0.39 is 35.7 Å². The first-order valence-corrected chi connectivity index (χ1v) is 12.2. The smallest absolute Gasteiger partial charge is 0.347 e. The average molecular weight is 534 g/mol. The van der Waals surface area contributed by atoms with Crippen molar-refractivity contribution in [1.82, 2.24) is 19.6 Å². The van der Waals surface area contributed by atoms with Crippen LogP contribution in [-0.4, -0.2) is 72.1 Å². The van der Waals surface area contributed by atoms with Crippen LogP contribution < -0.4 is 20.7 Å². The number of thioether (sulfide) groups is 1. The van der Waals surface area contributed by atoms with Crippen molar-refractivity contribution in [2.75, 3.05) is 11.5 Å². The molecule has 4 heterocycles. The molecule has 0 aliphatic carbocycles. The zero-order valence-corrected chi connectivity index (χ0v) is 20.2. The predicted molar refractivity (Wildman–Crippen MR) is 123 cm³/mol. The molecule has 0 spiro atoms. The van der Waals surface area contributed by atoms with Crippen molar-refractivity contribution in [2.45, 2.75) is 31.0 Å². The molecule has 4 N–H and O–H groups in total. The SMILES string of the molecule is CC(O/N=C(\C(=O)NC1C(=O)N2C=C(C[n+]3ccc(C(=O)[O-])cc3)CS[C@H]12)c1nsc(N)n1)C(=O)O. The van der Waals surface area contributed by atoms with Gasteiger partial charge >= 0.3 is 5.97 Å². The van der Waals surface area contributed by atoms with E-state index in [1.54, 1.807) is 23.2 Å². The van der Waals surface area contributed by atoms with Crippen molar-refractivity contribution < 1.29 is 38.8 Å². The second-order valence-corrected chi connectivity index (χ2v) is 9.60. The van der Waals surface area contributed by atoms with E-state index in [2.05, 4.69) is 19.8 Å². The molecule has 2 aliphatic rings. The van der Waals surface area contributed by atoms with Crippen LogP contribution in [0.5, 0.6) is 0 Å². The Bertz CT molecular complexity index is 1280. The van der Waals surface area contributed by atoms with E-state index in [4.69, 9.17) is 15.7 Å². The van der Waals surface area contributed by atoms with Crippen molar-refractivity contribution >= 4 is 57.9 Å². The van der Waals surface area contributed by atoms with Crippen LogP contribution in [0.1, 0.15) is 23.1 Å². The number of hydrogen-bond acceptors (Lipinski definition) is 12. The quantitative estimate of drug-likeness (QED) is 0.138. The second-order valence-electron chi connectivity index (χ2n) is 7.71. The number of aliphatic carboxylic acids is 1. The maximum Gasteiger partial charge on any atom is 0.347 e. The fraction of sp³-hybridized carbons (Fsp3) is 0.300. The molecule has 2 aromatic heterocycles. The molecule has 36 heavy (non-hydrogen) atoms. The number of amides is 2. The molecule has 3 atom stereocenters. The molecule has 0 radical (unpaired) electrons. The maximum atomic E-state index is 12.9. The number of anilines is 1. The Morgan fingerprint density at radius 2 is 2.14 bits per heavy atom. The van der Waals surface area contributed by atoms with Crippen LogP contribution in [0.3, 0.4) is 0 Å². The summed E-state index contributed by atoms with van der Waals surface area (Å²) in [6.45, 7) is 1.68. The van der Waals surface area contributed by atoms with E-state index in [-0.39, 0.29) is 27.8 Å². The van der Waals surface area contributed by atoms with Crippen LogP contribution in [0.25, 0.3) is 0 Å². The van der Waals surface area contributed by atoms with Crippen molar-refractivity contribution in [3.05, 3.63) is 47.7 Å². The van der Waals surface area contributed by atoms with Gasteiger partial charge in [0.05, 0.1) is 5.97 Å². The van der Waals surface area contributed by atoms with Gasteiger partial charge in [0.1, 0.15) is 11.4 Å². The van der Waals surface area contributed by atoms with Gasteiger partial charge < -0.3 is 35.8 Å². The average Bonchev–Trinajstić information content (AvgIpc) is 3.28. The number of fused-ring (bicyclic) bond motifs is 1. The standard InChI is InChI=1S/C20H19N7O7S2/c1-9(18(30)31)34-24-12(14-23-20(21)36-25-14)15(28)22-13-16(29)27-7-10(8-35-17(13)27)6-26-4-2-11(3-5-26)19(32)33/h2-5,7,9,13,17H,6,8H2,1H3,(H4-,21,22,23,25,28,30,31,32,33)/b24-12-/t9?,13?,17-/m1/s1. The van der Waals surface area contributed by atoms with Gasteiger partial charge in [-0.15, -0.1) is 11.8 Å². The van der Waals surface area contributed by atoms with Crippen LogP contribution in [0.4, 0.5) is 5.13 Å². The van der Waals surface area contributed by atoms with Gasteiger partial charge in [0.2, 0.25) is 17.6 Å². The third-order valence-corrected chi connectivity index (χ3v) is 7.08. The maximum absolute atomic E-state index is 12.9. The number of aromatic nitrogens is 3. The number of β-lactam (4-membered cyclic amide) rings is 1. The third kappa shape index (κ3) is 5.28. The van der Waals surface area contributed by atoms with Crippen molar-refractivity contribution in [3.8, 4) is 0 Å². The lowest BCUT2D eigenvalue weighted by Crippen LogP contribution is -2.69. The van der Waals surface area contributed by atoms with Gasteiger partial charge in [-0.25, -0.2) is 9.36 Å². The first-order valence-electron chi connectivity index (χ1n) is 10.3. The first-order chi connectivity index (χ1) is 17.1. The minimum Gasteiger partial charge on any atom is -0.545 e. The van der Waals surface area contributed by atoms with Crippen LogP contribution in [0.2, 0.25) is 0 Å². The molecule has 1 saturated heterocycles. The number of carbonyl (C=O) groups is 4. The fourth-order valence-corrected chi connectivity index (χ4v) is 4.97. The number of carbonyl (C=O) groups excluding carboxylic acids is 3. The lowest BCUT2D eigenvalue weighted by molar-refractivity contribution is -0.689. The van der Waals surface area contributed by atoms with E-state index in [9.17, 15) is 24.3 Å². The summed E-state index contributed by atoms with van der Waals surface area (Å²) < 4.78 is 5.69. The summed E-state index contributed by atoms with van der Waals surface area (Å²) in [5.74, 6) is -3.30. The van der Waals surface area contributed by atoms with E-state index in [1.807, 2.05) is 0 Å². The largest absolute Gasteiger partial charge is 0.545 e. The Hall–Kier alpha value is -4.05. The number of hydrogen-bond donors (Lipinski definition) is 3. The third-order valence-electron chi connectivity index (χ3n) is 5.16. The summed E-state index contributed by atoms with van der Waals surface area (Å²) in [6.07, 6.45) is 3.59. The summed E-state index contributed by atoms with van der Waals surface area (Å²) in [6, 6.07) is 2.01. The Morgan fingerprint density at radius 1 is 1.42 bits per heavy atom. The summed E-state index contributed by atoms with van der Waals surface area (Å²) in [5.41, 5.74) is 6.16. The Labute approximate surface area is 211 Å². The zero-order valence-electron chi connectivity index (χ0n) is 18.6. The Kier molecular flexibility index (Phi) is 7.16. The number of nitrogens with one attached hydrogen (secondary N) is 1. The van der Waals surface area contributed by atoms with Crippen LogP contribution in [-0.2, 0) is 25.8 Å². The highest BCUT2D eigenvalue weighted by atomic mass is 32.2. The number of carboxylic acid groups (broad SMARTS) is 2. The number of aromatic carboxylic acids is 1. The van der Waals surface area contributed by atoms with E-state index in [1.165, 1.54) is 35.7 Å². The summed E-state index contributed by atoms with van der Waals surface area (Å²) in [4.78, 5) is 57.8. The van der Waals surface area contributed by atoms with Gasteiger partial charge in [0.25, 0.3) is 11.8 Å². The molecular weight excluding hydrogens is 514 g/mol. The van der Waals surface area contributed by atoms with Gasteiger partial charge in [-0.3, -0.25) is 9.59 Å². The summed E-state index contributed by atoms with van der Waals surface area (Å²) >= 11 is 2.26. The highest BCUT2D eigenvalue weighted by Crippen LogP contribution is 2.36. The van der Waals surface area contributed by atoms with E-state index in [0.29, 0.717) is 12.3 Å². The molecule has 2 aromatic rings. The molecule has 0 bridgehead atoms. The monoisotopic (exact) mass is 533 g/mol. The van der Waals surface area contributed by atoms with Crippen LogP contribution in [0, 0.1) is 0 Å². The van der Waals surface area contributed by atoms with Gasteiger partial charge in [-0.1, -0.05) is 5.16 Å². The molecule has 188 valence electrons. The molecule has 16 heteroatoms. The molecular formula is C20H19N7O7S2. The van der Waals surface area contributed by atoms with E-state index >= 15 is 0 Å². The molecule has 14 nitrogen and oxygen atoms in total. The lowest BCUT2D eigenvalue weighted by Gasteiger charge is -2.47. The molecule has 0 aromatic carbocycles. The lowest BCUT2D eigenvalue weighted by atomic mass is 10.1. The number of carboxylic acids is 2. The molecule has 2 unspecified atom stereocenters. The number of nitrogen functional groups attached to an aromatic ring is 1. The molecule has 4 rings (SSSR count). The van der Waals surface area contributed by atoms with Crippen molar-refractivity contribution in [3.63, 3.8) is 0 Å². The normalized spacial score (nSPS) is 20.0. The number of pyridine rings is 1. The minimum absolute atomic E-state index is 0.0651. The van der Waals surface area contributed by atoms with Gasteiger partial charge in [-0.05, 0) is 6.92 Å². The summed E-state index contributed by atoms with van der Waals surface area (Å²) in [5, 5.41) is 25.8. The molecule has 1 fully saturated rings. The highest BCUT2D eigenvalue weighted by molar-refractivity contribution is 8.00.